The molecule has 7 heteroatoms. The van der Waals surface area contributed by atoms with E-state index in [1.165, 1.54) is 0 Å². The summed E-state index contributed by atoms with van der Waals surface area (Å²) < 4.78 is 7.15. The zero-order valence-electron chi connectivity index (χ0n) is 13.2. The van der Waals surface area contributed by atoms with E-state index in [9.17, 15) is 4.79 Å². The van der Waals surface area contributed by atoms with E-state index < -0.39 is 0 Å². The number of nitrogens with zero attached hydrogens (tertiary/aromatic N) is 3. The number of hydrogen-bond donors (Lipinski definition) is 2. The van der Waals surface area contributed by atoms with E-state index in [2.05, 4.69) is 20.6 Å². The van der Waals surface area contributed by atoms with Crippen molar-refractivity contribution in [1.82, 2.24) is 19.9 Å². The summed E-state index contributed by atoms with van der Waals surface area (Å²) in [5.74, 6) is 2.33. The highest BCUT2D eigenvalue weighted by atomic mass is 16.5. The van der Waals surface area contributed by atoms with Crippen molar-refractivity contribution in [2.45, 2.75) is 13.3 Å². The number of ether oxygens (including phenoxy) is 1. The lowest BCUT2D eigenvalue weighted by Crippen LogP contribution is -2.34. The van der Waals surface area contributed by atoms with Gasteiger partial charge in [0.1, 0.15) is 17.5 Å². The van der Waals surface area contributed by atoms with E-state index >= 15 is 0 Å². The Labute approximate surface area is 135 Å². The van der Waals surface area contributed by atoms with Crippen LogP contribution in [-0.2, 0) is 9.53 Å². The van der Waals surface area contributed by atoms with Crippen molar-refractivity contribution in [3.8, 4) is 5.82 Å². The van der Waals surface area contributed by atoms with Crippen molar-refractivity contribution < 1.29 is 9.53 Å². The molecule has 1 fully saturated rings. The fourth-order valence-electron chi connectivity index (χ4n) is 2.52. The van der Waals surface area contributed by atoms with Crippen LogP contribution in [0.25, 0.3) is 5.82 Å². The number of amides is 1. The minimum absolute atomic E-state index is 0.00311. The normalized spacial score (nSPS) is 17.2. The van der Waals surface area contributed by atoms with Gasteiger partial charge in [-0.15, -0.1) is 0 Å². The fraction of sp³-hybridized carbons (Fsp3) is 0.438. The van der Waals surface area contributed by atoms with Gasteiger partial charge in [0.25, 0.3) is 0 Å². The van der Waals surface area contributed by atoms with Crippen LogP contribution in [0.5, 0.6) is 0 Å². The third-order valence-electron chi connectivity index (χ3n) is 3.72. The lowest BCUT2D eigenvalue weighted by Gasteiger charge is -2.11. The van der Waals surface area contributed by atoms with Gasteiger partial charge >= 0.3 is 0 Å². The maximum absolute atomic E-state index is 11.9. The van der Waals surface area contributed by atoms with E-state index in [0.29, 0.717) is 32.1 Å². The molecule has 0 aromatic carbocycles. The summed E-state index contributed by atoms with van der Waals surface area (Å²) >= 11 is 0. The zero-order valence-corrected chi connectivity index (χ0v) is 13.2. The van der Waals surface area contributed by atoms with Crippen molar-refractivity contribution in [2.75, 3.05) is 31.6 Å². The van der Waals surface area contributed by atoms with Gasteiger partial charge in [-0.05, 0) is 25.5 Å². The summed E-state index contributed by atoms with van der Waals surface area (Å²) in [5.41, 5.74) is 0. The molecule has 3 heterocycles. The largest absolute Gasteiger partial charge is 0.381 e. The number of hydrogen-bond acceptors (Lipinski definition) is 5. The van der Waals surface area contributed by atoms with Crippen molar-refractivity contribution in [1.29, 1.82) is 0 Å². The van der Waals surface area contributed by atoms with Gasteiger partial charge in [-0.2, -0.15) is 0 Å². The molecule has 0 aliphatic carbocycles. The van der Waals surface area contributed by atoms with Crippen LogP contribution in [0.3, 0.4) is 0 Å². The first-order valence-electron chi connectivity index (χ1n) is 7.81. The average Bonchev–Trinajstić information content (AvgIpc) is 3.23. The summed E-state index contributed by atoms with van der Waals surface area (Å²) in [6.07, 6.45) is 4.69. The standard InChI is InChI=1S/C16H21N5O2/c1-12-19-14(10-15(20-12)21-7-2-3-8-21)17-5-6-18-16(22)13-4-9-23-11-13/h2-3,7-8,10,13H,4-6,9,11H2,1H3,(H,18,22)(H,17,19,20). The molecule has 0 spiro atoms. The molecule has 0 radical (unpaired) electrons. The predicted molar refractivity (Wildman–Crippen MR) is 86.5 cm³/mol. The van der Waals surface area contributed by atoms with Gasteiger partial charge in [-0.3, -0.25) is 4.79 Å². The second kappa shape index (κ2) is 7.23. The van der Waals surface area contributed by atoms with Gasteiger partial charge in [0.05, 0.1) is 12.5 Å². The topological polar surface area (TPSA) is 81.1 Å². The summed E-state index contributed by atoms with van der Waals surface area (Å²) in [4.78, 5) is 20.7. The van der Waals surface area contributed by atoms with E-state index in [1.807, 2.05) is 42.1 Å². The predicted octanol–water partition coefficient (Wildman–Crippen LogP) is 1.14. The Morgan fingerprint density at radius 2 is 2.17 bits per heavy atom. The van der Waals surface area contributed by atoms with Crippen molar-refractivity contribution >= 4 is 11.7 Å². The quantitative estimate of drug-likeness (QED) is 0.781. The van der Waals surface area contributed by atoms with Gasteiger partial charge < -0.3 is 19.9 Å². The number of rotatable bonds is 6. The van der Waals surface area contributed by atoms with Crippen molar-refractivity contribution in [3.05, 3.63) is 36.4 Å². The van der Waals surface area contributed by atoms with Crippen LogP contribution in [0.4, 0.5) is 5.82 Å². The Balaban J connectivity index is 1.51. The third-order valence-corrected chi connectivity index (χ3v) is 3.72. The maximum Gasteiger partial charge on any atom is 0.225 e. The minimum atomic E-state index is -0.00311. The Hall–Kier alpha value is -2.41. The molecule has 0 bridgehead atoms. The van der Waals surface area contributed by atoms with Crippen molar-refractivity contribution in [2.24, 2.45) is 5.92 Å². The number of nitrogens with one attached hydrogen (secondary N) is 2. The molecule has 1 atom stereocenters. The maximum atomic E-state index is 11.9. The molecular weight excluding hydrogens is 294 g/mol. The first-order chi connectivity index (χ1) is 11.2. The molecular formula is C16H21N5O2. The average molecular weight is 315 g/mol. The minimum Gasteiger partial charge on any atom is -0.381 e. The summed E-state index contributed by atoms with van der Waals surface area (Å²) in [7, 11) is 0. The van der Waals surface area contributed by atoms with Crippen LogP contribution in [0.1, 0.15) is 12.2 Å². The number of aryl methyl sites for hydroxylation is 1. The van der Waals surface area contributed by atoms with Crippen LogP contribution in [-0.4, -0.2) is 46.7 Å². The van der Waals surface area contributed by atoms with Crippen LogP contribution in [0.15, 0.2) is 30.6 Å². The van der Waals surface area contributed by atoms with Gasteiger partial charge in [0, 0.05) is 38.2 Å². The van der Waals surface area contributed by atoms with Gasteiger partial charge in [0.15, 0.2) is 0 Å². The summed E-state index contributed by atoms with van der Waals surface area (Å²) in [6, 6.07) is 5.79. The van der Waals surface area contributed by atoms with Crippen LogP contribution in [0.2, 0.25) is 0 Å². The molecule has 7 nitrogen and oxygen atoms in total. The monoisotopic (exact) mass is 315 g/mol. The summed E-state index contributed by atoms with van der Waals surface area (Å²) in [6.45, 7) is 4.24. The fourth-order valence-corrected chi connectivity index (χ4v) is 2.52. The van der Waals surface area contributed by atoms with Crippen molar-refractivity contribution in [3.63, 3.8) is 0 Å². The second-order valence-electron chi connectivity index (χ2n) is 5.53. The Bertz CT molecular complexity index is 650. The van der Waals surface area contributed by atoms with Gasteiger partial charge in [0.2, 0.25) is 5.91 Å². The molecule has 1 saturated heterocycles. The number of carbonyl (C=O) groups excluding carboxylic acids is 1. The van der Waals surface area contributed by atoms with Crippen LogP contribution in [0, 0.1) is 12.8 Å². The second-order valence-corrected chi connectivity index (χ2v) is 5.53. The molecule has 3 rings (SSSR count). The first kappa shape index (κ1) is 15.5. The highest BCUT2D eigenvalue weighted by Crippen LogP contribution is 2.12. The molecule has 1 amide bonds. The Morgan fingerprint density at radius 3 is 2.91 bits per heavy atom. The highest BCUT2D eigenvalue weighted by Gasteiger charge is 2.22. The highest BCUT2D eigenvalue weighted by molar-refractivity contribution is 5.79. The molecule has 122 valence electrons. The number of anilines is 1. The lowest BCUT2D eigenvalue weighted by atomic mass is 10.1. The molecule has 1 aliphatic heterocycles. The SMILES string of the molecule is Cc1nc(NCCNC(=O)C2CCOC2)cc(-n2cccc2)n1. The van der Waals surface area contributed by atoms with E-state index in [-0.39, 0.29) is 11.8 Å². The number of aromatic nitrogens is 3. The van der Waals surface area contributed by atoms with Gasteiger partial charge in [-0.25, -0.2) is 9.97 Å². The zero-order chi connectivity index (χ0) is 16.1. The molecule has 0 saturated carbocycles. The van der Waals surface area contributed by atoms with Crippen LogP contribution >= 0.6 is 0 Å². The Kier molecular flexibility index (Phi) is 4.87. The summed E-state index contributed by atoms with van der Waals surface area (Å²) in [5, 5.41) is 6.14. The van der Waals surface area contributed by atoms with Gasteiger partial charge in [-0.1, -0.05) is 0 Å². The van der Waals surface area contributed by atoms with E-state index in [4.69, 9.17) is 4.74 Å². The molecule has 2 aromatic rings. The lowest BCUT2D eigenvalue weighted by molar-refractivity contribution is -0.124. The molecule has 1 aliphatic rings. The molecule has 23 heavy (non-hydrogen) atoms. The smallest absolute Gasteiger partial charge is 0.225 e. The number of carbonyl (C=O) groups is 1. The van der Waals surface area contributed by atoms with E-state index in [0.717, 1.165) is 18.1 Å². The Morgan fingerprint density at radius 1 is 1.35 bits per heavy atom. The first-order valence-corrected chi connectivity index (χ1v) is 7.81. The molecule has 1 unspecified atom stereocenters. The molecule has 2 aromatic heterocycles. The molecule has 2 N–H and O–H groups in total. The van der Waals surface area contributed by atoms with E-state index in [1.54, 1.807) is 0 Å². The third kappa shape index (κ3) is 4.07. The van der Waals surface area contributed by atoms with Crippen LogP contribution < -0.4 is 10.6 Å².